The Morgan fingerprint density at radius 2 is 2.09 bits per heavy atom. The van der Waals surface area contributed by atoms with Crippen LogP contribution in [0.4, 0.5) is 0 Å². The normalized spacial score (nSPS) is 14.5. The van der Waals surface area contributed by atoms with Gasteiger partial charge in [-0.1, -0.05) is 38.3 Å². The number of fused-ring (bicyclic) bond motifs is 1. The highest BCUT2D eigenvalue weighted by molar-refractivity contribution is 5.77. The van der Waals surface area contributed by atoms with Crippen molar-refractivity contribution in [2.75, 3.05) is 19.8 Å². The molecule has 5 nitrogen and oxygen atoms in total. The number of guanidine groups is 1. The summed E-state index contributed by atoms with van der Waals surface area (Å²) in [6.07, 6.45) is 5.77. The number of ether oxygens (including phenoxy) is 2. The van der Waals surface area contributed by atoms with Gasteiger partial charge in [0.05, 0.1) is 19.8 Å². The first-order chi connectivity index (χ1) is 10.8. The number of para-hydroxylation sites is 1. The molecule has 3 N–H and O–H groups in total. The molecule has 5 heteroatoms. The molecule has 0 amide bonds. The van der Waals surface area contributed by atoms with Crippen molar-refractivity contribution >= 4 is 5.96 Å². The van der Waals surface area contributed by atoms with Gasteiger partial charge in [-0.05, 0) is 12.5 Å². The summed E-state index contributed by atoms with van der Waals surface area (Å²) in [4.78, 5) is 4.40. The van der Waals surface area contributed by atoms with E-state index in [0.29, 0.717) is 25.7 Å². The molecule has 0 spiro atoms. The first-order valence-electron chi connectivity index (χ1n) is 8.22. The van der Waals surface area contributed by atoms with Gasteiger partial charge in [-0.3, -0.25) is 0 Å². The smallest absolute Gasteiger partial charge is 0.188 e. The van der Waals surface area contributed by atoms with Crippen molar-refractivity contribution in [3.8, 4) is 11.5 Å². The third-order valence-electron chi connectivity index (χ3n) is 3.61. The van der Waals surface area contributed by atoms with E-state index in [9.17, 15) is 0 Å². The lowest BCUT2D eigenvalue weighted by molar-refractivity contribution is 0.296. The Labute approximate surface area is 132 Å². The summed E-state index contributed by atoms with van der Waals surface area (Å²) in [5.74, 6) is 2.10. The van der Waals surface area contributed by atoms with Gasteiger partial charge in [0.2, 0.25) is 0 Å². The Balaban J connectivity index is 1.86. The van der Waals surface area contributed by atoms with Gasteiger partial charge in [0.15, 0.2) is 17.5 Å². The predicted octanol–water partition coefficient (Wildman–Crippen LogP) is 2.83. The fourth-order valence-electron chi connectivity index (χ4n) is 2.37. The van der Waals surface area contributed by atoms with Gasteiger partial charge in [-0.25, -0.2) is 4.99 Å². The number of benzene rings is 1. The quantitative estimate of drug-likeness (QED) is 0.462. The minimum atomic E-state index is 0.489. The van der Waals surface area contributed by atoms with Crippen LogP contribution in [0.1, 0.15) is 44.6 Å². The van der Waals surface area contributed by atoms with Gasteiger partial charge in [0.1, 0.15) is 0 Å². The second kappa shape index (κ2) is 9.18. The predicted molar refractivity (Wildman–Crippen MR) is 89.5 cm³/mol. The van der Waals surface area contributed by atoms with Crippen molar-refractivity contribution in [1.82, 2.24) is 5.32 Å². The summed E-state index contributed by atoms with van der Waals surface area (Å²) in [6.45, 7) is 4.96. The number of hydrogen-bond donors (Lipinski definition) is 2. The third kappa shape index (κ3) is 5.13. The SMILES string of the molecule is CCCCCCNC(N)=NCc1cccc2c1OCCCO2. The molecule has 0 aliphatic carbocycles. The van der Waals surface area contributed by atoms with Crippen LogP contribution in [0.2, 0.25) is 0 Å². The van der Waals surface area contributed by atoms with Crippen molar-refractivity contribution in [3.63, 3.8) is 0 Å². The number of aliphatic imine (C=N–C) groups is 1. The van der Waals surface area contributed by atoms with E-state index in [1.807, 2.05) is 18.2 Å². The highest BCUT2D eigenvalue weighted by atomic mass is 16.5. The van der Waals surface area contributed by atoms with Crippen LogP contribution in [0.15, 0.2) is 23.2 Å². The van der Waals surface area contributed by atoms with Crippen LogP contribution in [-0.2, 0) is 6.54 Å². The molecule has 1 aromatic rings. The topological polar surface area (TPSA) is 68.9 Å². The van der Waals surface area contributed by atoms with Gasteiger partial charge in [-0.15, -0.1) is 0 Å². The number of nitrogens with two attached hydrogens (primary N) is 1. The zero-order chi connectivity index (χ0) is 15.6. The Hall–Kier alpha value is -1.91. The van der Waals surface area contributed by atoms with E-state index in [4.69, 9.17) is 15.2 Å². The standard InChI is InChI=1S/C17H27N3O2/c1-2-3-4-5-10-19-17(18)20-13-14-8-6-9-15-16(14)22-12-7-11-21-15/h6,8-9H,2-5,7,10-13H2,1H3,(H3,18,19,20). The lowest BCUT2D eigenvalue weighted by Gasteiger charge is -2.11. The van der Waals surface area contributed by atoms with Gasteiger partial charge in [-0.2, -0.15) is 0 Å². The number of nitrogens with one attached hydrogen (secondary N) is 1. The van der Waals surface area contributed by atoms with Crippen LogP contribution in [0, 0.1) is 0 Å². The number of unbranched alkanes of at least 4 members (excludes halogenated alkanes) is 3. The Kier molecular flexibility index (Phi) is 6.87. The monoisotopic (exact) mass is 305 g/mol. The van der Waals surface area contributed by atoms with Crippen molar-refractivity contribution in [2.45, 2.75) is 45.6 Å². The molecule has 0 saturated carbocycles. The zero-order valence-corrected chi connectivity index (χ0v) is 13.4. The Morgan fingerprint density at radius 1 is 1.23 bits per heavy atom. The van der Waals surface area contributed by atoms with E-state index in [-0.39, 0.29) is 0 Å². The molecule has 1 aliphatic heterocycles. The molecule has 1 aromatic carbocycles. The average Bonchev–Trinajstić information content (AvgIpc) is 2.78. The average molecular weight is 305 g/mol. The summed E-state index contributed by atoms with van der Waals surface area (Å²) < 4.78 is 11.5. The molecule has 122 valence electrons. The Bertz CT molecular complexity index is 489. The fourth-order valence-corrected chi connectivity index (χ4v) is 2.37. The maximum absolute atomic E-state index is 5.91. The Morgan fingerprint density at radius 3 is 2.95 bits per heavy atom. The summed E-state index contributed by atoms with van der Waals surface area (Å²) in [5, 5.41) is 3.16. The molecule has 0 radical (unpaired) electrons. The fraction of sp³-hybridized carbons (Fsp3) is 0.588. The molecule has 0 aromatic heterocycles. The molecular formula is C17H27N3O2. The molecule has 2 rings (SSSR count). The molecule has 0 unspecified atom stereocenters. The van der Waals surface area contributed by atoms with E-state index in [1.165, 1.54) is 19.3 Å². The number of rotatable bonds is 7. The van der Waals surface area contributed by atoms with E-state index in [1.54, 1.807) is 0 Å². The molecule has 1 aliphatic rings. The number of nitrogens with zero attached hydrogens (tertiary/aromatic N) is 1. The summed E-state index contributed by atoms with van der Waals surface area (Å²) in [7, 11) is 0. The lowest BCUT2D eigenvalue weighted by atomic mass is 10.2. The van der Waals surface area contributed by atoms with E-state index < -0.39 is 0 Å². The lowest BCUT2D eigenvalue weighted by Crippen LogP contribution is -2.32. The van der Waals surface area contributed by atoms with E-state index in [0.717, 1.165) is 36.4 Å². The molecule has 1 heterocycles. The maximum atomic E-state index is 5.91. The largest absolute Gasteiger partial charge is 0.490 e. The maximum Gasteiger partial charge on any atom is 0.188 e. The highest BCUT2D eigenvalue weighted by Crippen LogP contribution is 2.33. The molecule has 0 atom stereocenters. The third-order valence-corrected chi connectivity index (χ3v) is 3.61. The van der Waals surface area contributed by atoms with Crippen LogP contribution < -0.4 is 20.5 Å². The zero-order valence-electron chi connectivity index (χ0n) is 13.4. The van der Waals surface area contributed by atoms with Crippen molar-refractivity contribution in [1.29, 1.82) is 0 Å². The minimum absolute atomic E-state index is 0.489. The van der Waals surface area contributed by atoms with Crippen LogP contribution >= 0.6 is 0 Å². The minimum Gasteiger partial charge on any atom is -0.490 e. The summed E-state index contributed by atoms with van der Waals surface area (Å²) >= 11 is 0. The van der Waals surface area contributed by atoms with Crippen LogP contribution in [0.5, 0.6) is 11.5 Å². The van der Waals surface area contributed by atoms with Gasteiger partial charge < -0.3 is 20.5 Å². The molecular weight excluding hydrogens is 278 g/mol. The molecule has 0 bridgehead atoms. The van der Waals surface area contributed by atoms with Crippen molar-refractivity contribution < 1.29 is 9.47 Å². The summed E-state index contributed by atoms with van der Waals surface area (Å²) in [6, 6.07) is 5.90. The van der Waals surface area contributed by atoms with Gasteiger partial charge in [0, 0.05) is 18.5 Å². The molecule has 0 saturated heterocycles. The van der Waals surface area contributed by atoms with Crippen LogP contribution in [-0.4, -0.2) is 25.7 Å². The van der Waals surface area contributed by atoms with E-state index >= 15 is 0 Å². The van der Waals surface area contributed by atoms with E-state index in [2.05, 4.69) is 17.2 Å². The van der Waals surface area contributed by atoms with Crippen LogP contribution in [0.25, 0.3) is 0 Å². The summed E-state index contributed by atoms with van der Waals surface area (Å²) in [5.41, 5.74) is 6.92. The second-order valence-electron chi connectivity index (χ2n) is 5.48. The van der Waals surface area contributed by atoms with Crippen LogP contribution in [0.3, 0.4) is 0 Å². The highest BCUT2D eigenvalue weighted by Gasteiger charge is 2.13. The van der Waals surface area contributed by atoms with Gasteiger partial charge in [0.25, 0.3) is 0 Å². The molecule has 22 heavy (non-hydrogen) atoms. The van der Waals surface area contributed by atoms with Gasteiger partial charge >= 0.3 is 0 Å². The number of hydrogen-bond acceptors (Lipinski definition) is 3. The van der Waals surface area contributed by atoms with Crippen molar-refractivity contribution in [3.05, 3.63) is 23.8 Å². The first kappa shape index (κ1) is 16.5. The van der Waals surface area contributed by atoms with Crippen molar-refractivity contribution in [2.24, 2.45) is 10.7 Å². The first-order valence-corrected chi connectivity index (χ1v) is 8.22. The molecule has 0 fully saturated rings. The second-order valence-corrected chi connectivity index (χ2v) is 5.48.